The number of rotatable bonds is 4. The van der Waals surface area contributed by atoms with Gasteiger partial charge in [-0.1, -0.05) is 13.8 Å². The maximum Gasteiger partial charge on any atom is 0.153 e. The molecule has 1 rings (SSSR count). The second-order valence-corrected chi connectivity index (χ2v) is 7.47. The highest BCUT2D eigenvalue weighted by molar-refractivity contribution is 7.91. The predicted molar refractivity (Wildman–Crippen MR) is 61.5 cm³/mol. The Hall–Kier alpha value is -0.0900. The summed E-state index contributed by atoms with van der Waals surface area (Å²) in [5, 5.41) is 9.82. The van der Waals surface area contributed by atoms with Crippen molar-refractivity contribution in [2.75, 3.05) is 6.26 Å². The molecule has 90 valence electrons. The Morgan fingerprint density at radius 1 is 1.47 bits per heavy atom. The Labute approximate surface area is 92.8 Å². The predicted octanol–water partition coefficient (Wildman–Crippen LogP) is 1.75. The van der Waals surface area contributed by atoms with Gasteiger partial charge in [0, 0.05) is 6.26 Å². The van der Waals surface area contributed by atoms with Crippen molar-refractivity contribution in [1.82, 2.24) is 0 Å². The summed E-state index contributed by atoms with van der Waals surface area (Å²) in [6, 6.07) is 0. The Kier molecular flexibility index (Phi) is 3.82. The van der Waals surface area contributed by atoms with Crippen molar-refractivity contribution in [2.45, 2.75) is 56.8 Å². The van der Waals surface area contributed by atoms with Crippen LogP contribution in [0.3, 0.4) is 0 Å². The van der Waals surface area contributed by atoms with E-state index in [4.69, 9.17) is 0 Å². The molecule has 0 spiro atoms. The van der Waals surface area contributed by atoms with Crippen LogP contribution < -0.4 is 0 Å². The maximum atomic E-state index is 11.5. The highest BCUT2D eigenvalue weighted by Crippen LogP contribution is 2.38. The van der Waals surface area contributed by atoms with Crippen molar-refractivity contribution in [3.05, 3.63) is 0 Å². The molecule has 4 heteroatoms. The largest absolute Gasteiger partial charge is 0.389 e. The zero-order chi connectivity index (χ0) is 11.7. The third-order valence-corrected chi connectivity index (χ3v) is 5.05. The van der Waals surface area contributed by atoms with E-state index in [1.165, 1.54) is 6.26 Å². The van der Waals surface area contributed by atoms with Crippen LogP contribution in [0.25, 0.3) is 0 Å². The molecule has 0 aromatic rings. The Morgan fingerprint density at radius 2 is 2.07 bits per heavy atom. The second-order valence-electron chi connectivity index (χ2n) is 5.25. The Morgan fingerprint density at radius 3 is 2.53 bits per heavy atom. The lowest BCUT2D eigenvalue weighted by Gasteiger charge is -2.29. The van der Waals surface area contributed by atoms with Gasteiger partial charge in [0.15, 0.2) is 9.84 Å². The van der Waals surface area contributed by atoms with Gasteiger partial charge in [-0.2, -0.15) is 0 Å². The fourth-order valence-corrected chi connectivity index (χ4v) is 4.09. The summed E-state index contributed by atoms with van der Waals surface area (Å²) in [4.78, 5) is 0. The van der Waals surface area contributed by atoms with Gasteiger partial charge in [-0.05, 0) is 38.0 Å². The van der Waals surface area contributed by atoms with Gasteiger partial charge in [-0.25, -0.2) is 8.42 Å². The minimum absolute atomic E-state index is 0.509. The molecule has 0 aliphatic heterocycles. The lowest BCUT2D eigenvalue weighted by Crippen LogP contribution is -2.42. The summed E-state index contributed by atoms with van der Waals surface area (Å²) in [5.74, 6) is 0.509. The first-order valence-corrected chi connectivity index (χ1v) is 7.62. The van der Waals surface area contributed by atoms with Crippen LogP contribution in [-0.2, 0) is 9.84 Å². The molecule has 1 aliphatic carbocycles. The van der Waals surface area contributed by atoms with Crippen molar-refractivity contribution in [2.24, 2.45) is 5.92 Å². The van der Waals surface area contributed by atoms with E-state index in [1.807, 2.05) is 0 Å². The van der Waals surface area contributed by atoms with E-state index in [0.29, 0.717) is 25.2 Å². The molecule has 1 saturated carbocycles. The van der Waals surface area contributed by atoms with Crippen LogP contribution in [-0.4, -0.2) is 30.6 Å². The number of sulfone groups is 1. The summed E-state index contributed by atoms with van der Waals surface area (Å²) < 4.78 is 23.1. The fraction of sp³-hybridized carbons (Fsp3) is 1.00. The first-order chi connectivity index (χ1) is 6.76. The topological polar surface area (TPSA) is 54.4 Å². The van der Waals surface area contributed by atoms with E-state index in [9.17, 15) is 13.5 Å². The van der Waals surface area contributed by atoms with Crippen molar-refractivity contribution < 1.29 is 13.5 Å². The van der Waals surface area contributed by atoms with Crippen LogP contribution in [0.2, 0.25) is 0 Å². The third-order valence-electron chi connectivity index (χ3n) is 3.35. The molecule has 2 atom stereocenters. The summed E-state index contributed by atoms with van der Waals surface area (Å²) in [5.41, 5.74) is -0.960. The molecule has 0 aromatic heterocycles. The van der Waals surface area contributed by atoms with Crippen LogP contribution in [0.4, 0.5) is 0 Å². The van der Waals surface area contributed by atoms with E-state index in [-0.39, 0.29) is 0 Å². The number of aliphatic hydroxyl groups is 1. The summed E-state index contributed by atoms with van der Waals surface area (Å²) in [6.07, 6.45) is 4.82. The summed E-state index contributed by atoms with van der Waals surface area (Å²) in [7, 11) is -3.11. The average molecular weight is 234 g/mol. The van der Waals surface area contributed by atoms with Gasteiger partial charge in [0.1, 0.15) is 0 Å². The van der Waals surface area contributed by atoms with Crippen molar-refractivity contribution in [1.29, 1.82) is 0 Å². The molecule has 0 heterocycles. The zero-order valence-corrected chi connectivity index (χ0v) is 10.7. The molecule has 15 heavy (non-hydrogen) atoms. The molecule has 0 aromatic carbocycles. The monoisotopic (exact) mass is 234 g/mol. The highest BCUT2D eigenvalue weighted by Gasteiger charge is 2.46. The minimum atomic E-state index is -3.11. The minimum Gasteiger partial charge on any atom is -0.389 e. The number of hydrogen-bond donors (Lipinski definition) is 1. The van der Waals surface area contributed by atoms with Crippen LogP contribution in [0, 0.1) is 5.92 Å². The molecule has 1 N–H and O–H groups in total. The maximum absolute atomic E-state index is 11.5. The van der Waals surface area contributed by atoms with E-state index in [2.05, 4.69) is 13.8 Å². The van der Waals surface area contributed by atoms with Crippen LogP contribution in [0.5, 0.6) is 0 Å². The average Bonchev–Trinajstić information content (AvgIpc) is 2.44. The summed E-state index contributed by atoms with van der Waals surface area (Å²) in [6.45, 7) is 4.18. The Balaban J connectivity index is 2.73. The van der Waals surface area contributed by atoms with E-state index >= 15 is 0 Å². The molecule has 1 aliphatic rings. The molecule has 0 amide bonds. The SMILES string of the molecule is CC(C)CCC1(O)CCCC1S(C)(=O)=O. The van der Waals surface area contributed by atoms with Gasteiger partial charge in [0.25, 0.3) is 0 Å². The third kappa shape index (κ3) is 3.18. The molecule has 0 radical (unpaired) electrons. The molecular weight excluding hydrogens is 212 g/mol. The van der Waals surface area contributed by atoms with E-state index < -0.39 is 20.7 Å². The number of hydrogen-bond acceptors (Lipinski definition) is 3. The molecule has 0 saturated heterocycles. The lowest BCUT2D eigenvalue weighted by atomic mass is 9.92. The van der Waals surface area contributed by atoms with Crippen LogP contribution in [0.1, 0.15) is 46.0 Å². The lowest BCUT2D eigenvalue weighted by molar-refractivity contribution is 0.0366. The first-order valence-electron chi connectivity index (χ1n) is 5.67. The quantitative estimate of drug-likeness (QED) is 0.806. The van der Waals surface area contributed by atoms with Gasteiger partial charge >= 0.3 is 0 Å². The van der Waals surface area contributed by atoms with Crippen LogP contribution in [0.15, 0.2) is 0 Å². The second kappa shape index (κ2) is 4.42. The molecule has 3 nitrogen and oxygen atoms in total. The molecule has 1 fully saturated rings. The van der Waals surface area contributed by atoms with Crippen molar-refractivity contribution >= 4 is 9.84 Å². The smallest absolute Gasteiger partial charge is 0.153 e. The standard InChI is InChI=1S/C11H22O3S/c1-9(2)6-8-11(12)7-4-5-10(11)15(3,13)14/h9-10,12H,4-8H2,1-3H3. The van der Waals surface area contributed by atoms with Gasteiger partial charge in [-0.15, -0.1) is 0 Å². The van der Waals surface area contributed by atoms with Gasteiger partial charge in [-0.3, -0.25) is 0 Å². The molecule has 2 unspecified atom stereocenters. The summed E-state index contributed by atoms with van der Waals surface area (Å²) >= 11 is 0. The van der Waals surface area contributed by atoms with Crippen molar-refractivity contribution in [3.8, 4) is 0 Å². The van der Waals surface area contributed by atoms with Gasteiger partial charge < -0.3 is 5.11 Å². The molecule has 0 bridgehead atoms. The first kappa shape index (κ1) is 13.0. The van der Waals surface area contributed by atoms with Crippen LogP contribution >= 0.6 is 0 Å². The van der Waals surface area contributed by atoms with E-state index in [0.717, 1.165) is 12.8 Å². The normalized spacial score (nSPS) is 32.5. The molecular formula is C11H22O3S. The van der Waals surface area contributed by atoms with E-state index in [1.54, 1.807) is 0 Å². The highest BCUT2D eigenvalue weighted by atomic mass is 32.2. The fourth-order valence-electron chi connectivity index (χ4n) is 2.46. The zero-order valence-electron chi connectivity index (χ0n) is 9.86. The van der Waals surface area contributed by atoms with Crippen molar-refractivity contribution in [3.63, 3.8) is 0 Å². The van der Waals surface area contributed by atoms with Gasteiger partial charge in [0.05, 0.1) is 10.9 Å². The van der Waals surface area contributed by atoms with Gasteiger partial charge in [0.2, 0.25) is 0 Å². The Bertz CT molecular complexity index is 308.